The van der Waals surface area contributed by atoms with E-state index in [9.17, 15) is 45.6 Å². The SMILES string of the molecule is NCC[C@H](O)C(=O)C[C@@H]1C[C@H](N)[C@@H](O[C@H]2O[C@H](CN)[C@@H](O)[C@H](O)[C@H]2O)[C@H](O)C1O[C@H]1O[C@H](CO)[C@@H](O)[C@H](N)[C@H]1O. The van der Waals surface area contributed by atoms with Gasteiger partial charge in [0.15, 0.2) is 18.4 Å². The van der Waals surface area contributed by atoms with Gasteiger partial charge in [0.25, 0.3) is 0 Å². The molecule has 0 spiro atoms. The van der Waals surface area contributed by atoms with Crippen molar-refractivity contribution < 1.29 is 64.6 Å². The Morgan fingerprint density at radius 1 is 0.825 bits per heavy atom. The maximum absolute atomic E-state index is 12.7. The molecule has 16 N–H and O–H groups in total. The molecule has 0 radical (unpaired) electrons. The highest BCUT2D eigenvalue weighted by molar-refractivity contribution is 5.83. The molecule has 1 unspecified atom stereocenters. The van der Waals surface area contributed by atoms with Crippen molar-refractivity contribution in [2.75, 3.05) is 19.7 Å². The van der Waals surface area contributed by atoms with Crippen molar-refractivity contribution in [3.05, 3.63) is 0 Å². The van der Waals surface area contributed by atoms with Crippen LogP contribution in [0.4, 0.5) is 0 Å². The molecule has 234 valence electrons. The van der Waals surface area contributed by atoms with Gasteiger partial charge in [0.2, 0.25) is 0 Å². The molecule has 40 heavy (non-hydrogen) atoms. The Bertz CT molecular complexity index is 813. The Hall–Kier alpha value is -0.970. The number of ketones is 1. The number of carbonyl (C=O) groups is 1. The van der Waals surface area contributed by atoms with Gasteiger partial charge in [-0.1, -0.05) is 0 Å². The normalized spacial score (nSPS) is 47.1. The Kier molecular flexibility index (Phi) is 12.1. The second-order valence-electron chi connectivity index (χ2n) is 10.6. The first-order chi connectivity index (χ1) is 18.9. The van der Waals surface area contributed by atoms with E-state index in [1.54, 1.807) is 0 Å². The minimum atomic E-state index is -1.74. The Balaban J connectivity index is 1.85. The number of hydrogen-bond acceptors (Lipinski definition) is 17. The standard InChI is InChI=1S/C23H44N4O13/c24-2-1-9(29)10(30)4-7-3-8(26)21(40-23-18(35)17(34)15(32)11(5-25)37-23)19(36)20(7)39-22-16(33)13(27)14(31)12(6-28)38-22/h7-9,11-23,28-29,31-36H,1-6,24-27H2/t7-,8-,9-,11+,12+,13-,14+,15+,16+,17-,18+,19+,20?,21+,22+,23+/m0/s1. The van der Waals surface area contributed by atoms with Crippen LogP contribution >= 0.6 is 0 Å². The first-order valence-electron chi connectivity index (χ1n) is 13.3. The highest BCUT2D eigenvalue weighted by atomic mass is 16.7. The van der Waals surface area contributed by atoms with Gasteiger partial charge < -0.3 is 82.7 Å². The van der Waals surface area contributed by atoms with Gasteiger partial charge >= 0.3 is 0 Å². The fourth-order valence-electron chi connectivity index (χ4n) is 5.38. The number of Topliss-reactive ketones (excluding diaryl/α,β-unsaturated/α-hetero) is 1. The van der Waals surface area contributed by atoms with Gasteiger partial charge in [0.05, 0.1) is 18.8 Å². The summed E-state index contributed by atoms with van der Waals surface area (Å²) >= 11 is 0. The van der Waals surface area contributed by atoms with Crippen LogP contribution in [0.25, 0.3) is 0 Å². The summed E-state index contributed by atoms with van der Waals surface area (Å²) in [7, 11) is 0. The number of ether oxygens (including phenoxy) is 4. The lowest BCUT2D eigenvalue weighted by Crippen LogP contribution is -2.66. The number of aliphatic hydroxyl groups is 8. The summed E-state index contributed by atoms with van der Waals surface area (Å²) in [6.07, 6.45) is -19.5. The van der Waals surface area contributed by atoms with Crippen LogP contribution in [0.2, 0.25) is 0 Å². The van der Waals surface area contributed by atoms with E-state index in [0.717, 1.165) is 0 Å². The quantitative estimate of drug-likeness (QED) is 0.107. The van der Waals surface area contributed by atoms with E-state index >= 15 is 0 Å². The minimum absolute atomic E-state index is 0.000186. The van der Waals surface area contributed by atoms with Crippen LogP contribution in [0.15, 0.2) is 0 Å². The Labute approximate surface area is 230 Å². The molecule has 0 aromatic rings. The predicted molar refractivity (Wildman–Crippen MR) is 133 cm³/mol. The minimum Gasteiger partial charge on any atom is -0.394 e. The van der Waals surface area contributed by atoms with Crippen molar-refractivity contribution in [1.82, 2.24) is 0 Å². The molecule has 2 aliphatic heterocycles. The number of hydrogen-bond donors (Lipinski definition) is 12. The van der Waals surface area contributed by atoms with Crippen molar-refractivity contribution in [2.45, 2.75) is 111 Å². The zero-order valence-electron chi connectivity index (χ0n) is 21.9. The zero-order chi connectivity index (χ0) is 29.9. The smallest absolute Gasteiger partial charge is 0.187 e. The van der Waals surface area contributed by atoms with Crippen LogP contribution in [-0.2, 0) is 23.7 Å². The second-order valence-corrected chi connectivity index (χ2v) is 10.6. The predicted octanol–water partition coefficient (Wildman–Crippen LogP) is -7.33. The van der Waals surface area contributed by atoms with E-state index in [0.29, 0.717) is 0 Å². The molecule has 0 aromatic heterocycles. The maximum Gasteiger partial charge on any atom is 0.187 e. The van der Waals surface area contributed by atoms with Crippen LogP contribution in [-0.4, -0.2) is 158 Å². The van der Waals surface area contributed by atoms with Crippen molar-refractivity contribution in [3.63, 3.8) is 0 Å². The molecule has 0 amide bonds. The van der Waals surface area contributed by atoms with Gasteiger partial charge in [-0.05, 0) is 25.3 Å². The molecule has 1 aliphatic carbocycles. The van der Waals surface area contributed by atoms with E-state index < -0.39 is 110 Å². The number of nitrogens with two attached hydrogens (primary N) is 4. The third-order valence-electron chi connectivity index (χ3n) is 7.83. The van der Waals surface area contributed by atoms with Gasteiger partial charge in [0, 0.05) is 19.0 Å². The molecule has 2 saturated heterocycles. The molecular formula is C23H44N4O13. The van der Waals surface area contributed by atoms with Crippen molar-refractivity contribution in [3.8, 4) is 0 Å². The molecule has 0 aromatic carbocycles. The van der Waals surface area contributed by atoms with Crippen LogP contribution in [0.5, 0.6) is 0 Å². The van der Waals surface area contributed by atoms with Crippen molar-refractivity contribution in [2.24, 2.45) is 28.9 Å². The number of rotatable bonds is 11. The molecule has 3 rings (SSSR count). The molecule has 17 nitrogen and oxygen atoms in total. The summed E-state index contributed by atoms with van der Waals surface area (Å²) in [4.78, 5) is 12.7. The largest absolute Gasteiger partial charge is 0.394 e. The lowest BCUT2D eigenvalue weighted by Gasteiger charge is -2.48. The van der Waals surface area contributed by atoms with E-state index in [1.807, 2.05) is 0 Å². The molecule has 1 saturated carbocycles. The summed E-state index contributed by atoms with van der Waals surface area (Å²) < 4.78 is 22.6. The molecule has 3 aliphatic rings. The first-order valence-corrected chi connectivity index (χ1v) is 13.3. The average molecular weight is 585 g/mol. The summed E-state index contributed by atoms with van der Waals surface area (Å²) in [6, 6.07) is -2.27. The summed E-state index contributed by atoms with van der Waals surface area (Å²) in [5, 5.41) is 82.5. The number of carbonyl (C=O) groups excluding carboxylic acids is 1. The first kappa shape index (κ1) is 33.5. The lowest BCUT2D eigenvalue weighted by atomic mass is 9.76. The Morgan fingerprint density at radius 2 is 1.43 bits per heavy atom. The van der Waals surface area contributed by atoms with Crippen LogP contribution < -0.4 is 22.9 Å². The average Bonchev–Trinajstić information content (AvgIpc) is 2.92. The van der Waals surface area contributed by atoms with Crippen LogP contribution in [0.3, 0.4) is 0 Å². The van der Waals surface area contributed by atoms with Gasteiger partial charge in [-0.25, -0.2) is 0 Å². The molecule has 16 atom stereocenters. The molecule has 17 heteroatoms. The second kappa shape index (κ2) is 14.5. The maximum atomic E-state index is 12.7. The van der Waals surface area contributed by atoms with Crippen LogP contribution in [0.1, 0.15) is 19.3 Å². The number of aliphatic hydroxyl groups excluding tert-OH is 8. The molecule has 3 fully saturated rings. The lowest BCUT2D eigenvalue weighted by molar-refractivity contribution is -0.335. The fourth-order valence-corrected chi connectivity index (χ4v) is 5.38. The van der Waals surface area contributed by atoms with Gasteiger partial charge in [-0.15, -0.1) is 0 Å². The summed E-state index contributed by atoms with van der Waals surface area (Å²) in [5.74, 6) is -1.44. The van der Waals surface area contributed by atoms with Crippen molar-refractivity contribution >= 4 is 5.78 Å². The molecule has 0 bridgehead atoms. The summed E-state index contributed by atoms with van der Waals surface area (Å²) in [6.45, 7) is -0.833. The third kappa shape index (κ3) is 7.14. The highest BCUT2D eigenvalue weighted by Crippen LogP contribution is 2.36. The van der Waals surface area contributed by atoms with Crippen molar-refractivity contribution in [1.29, 1.82) is 0 Å². The van der Waals surface area contributed by atoms with E-state index in [2.05, 4.69) is 0 Å². The van der Waals surface area contributed by atoms with E-state index in [1.165, 1.54) is 0 Å². The molecule has 2 heterocycles. The van der Waals surface area contributed by atoms with Gasteiger partial charge in [0.1, 0.15) is 61.0 Å². The third-order valence-corrected chi connectivity index (χ3v) is 7.83. The Morgan fingerprint density at radius 3 is 2.02 bits per heavy atom. The monoisotopic (exact) mass is 584 g/mol. The van der Waals surface area contributed by atoms with Gasteiger partial charge in [-0.2, -0.15) is 0 Å². The zero-order valence-corrected chi connectivity index (χ0v) is 21.9. The summed E-state index contributed by atoms with van der Waals surface area (Å²) in [5.41, 5.74) is 23.2. The molecular weight excluding hydrogens is 540 g/mol. The van der Waals surface area contributed by atoms with E-state index in [-0.39, 0.29) is 32.4 Å². The topological polar surface area (TPSA) is 320 Å². The highest BCUT2D eigenvalue weighted by Gasteiger charge is 2.52. The van der Waals surface area contributed by atoms with E-state index in [4.69, 9.17) is 41.9 Å². The van der Waals surface area contributed by atoms with Gasteiger partial charge in [-0.3, -0.25) is 4.79 Å². The fraction of sp³-hybridized carbons (Fsp3) is 0.957. The van der Waals surface area contributed by atoms with Crippen LogP contribution in [0, 0.1) is 5.92 Å².